The Morgan fingerprint density at radius 3 is 2.37 bits per heavy atom. The van der Waals surface area contributed by atoms with Crippen molar-refractivity contribution in [1.82, 2.24) is 4.98 Å². The van der Waals surface area contributed by atoms with E-state index in [0.717, 1.165) is 11.3 Å². The molecule has 0 N–H and O–H groups in total. The Balaban J connectivity index is 2.01. The Kier molecular flexibility index (Phi) is 4.11. The first kappa shape index (κ1) is 13.9. The summed E-state index contributed by atoms with van der Waals surface area (Å²) in [5.74, 6) is 0.862. The highest BCUT2D eigenvalue weighted by atomic mass is 35.5. The highest BCUT2D eigenvalue weighted by Gasteiger charge is 2.12. The summed E-state index contributed by atoms with van der Waals surface area (Å²) in [4.78, 5) is 3.94. The molecule has 2 rings (SSSR count). The second-order valence-electron chi connectivity index (χ2n) is 5.55. The molecule has 0 unspecified atom stereocenters. The van der Waals surface area contributed by atoms with Crippen molar-refractivity contribution in [3.8, 4) is 5.75 Å². The van der Waals surface area contributed by atoms with Crippen molar-refractivity contribution >= 4 is 11.6 Å². The minimum Gasteiger partial charge on any atom is -0.489 e. The molecule has 1 aromatic carbocycles. The van der Waals surface area contributed by atoms with Crippen LogP contribution in [0.5, 0.6) is 5.75 Å². The molecule has 0 aliphatic rings. The fourth-order valence-corrected chi connectivity index (χ4v) is 1.95. The maximum Gasteiger partial charge on any atom is 0.129 e. The number of rotatable bonds is 3. The van der Waals surface area contributed by atoms with Gasteiger partial charge in [0.15, 0.2) is 0 Å². The third kappa shape index (κ3) is 3.97. The lowest BCUT2D eigenvalue weighted by Crippen LogP contribution is -2.10. The molecular weight excluding hydrogens is 258 g/mol. The average Bonchev–Trinajstić information content (AvgIpc) is 2.36. The maximum atomic E-state index is 5.83. The lowest BCUT2D eigenvalue weighted by Gasteiger charge is -2.19. The van der Waals surface area contributed by atoms with Gasteiger partial charge in [0.25, 0.3) is 0 Å². The molecule has 19 heavy (non-hydrogen) atoms. The van der Waals surface area contributed by atoms with Crippen LogP contribution in [0.25, 0.3) is 0 Å². The highest BCUT2D eigenvalue weighted by Crippen LogP contribution is 2.24. The lowest BCUT2D eigenvalue weighted by atomic mass is 9.87. The molecule has 1 aromatic heterocycles. The van der Waals surface area contributed by atoms with Gasteiger partial charge in [0.2, 0.25) is 0 Å². The Bertz CT molecular complexity index is 543. The van der Waals surface area contributed by atoms with E-state index in [9.17, 15) is 0 Å². The predicted octanol–water partition coefficient (Wildman–Crippen LogP) is 4.61. The van der Waals surface area contributed by atoms with Crippen molar-refractivity contribution in [2.45, 2.75) is 32.8 Å². The summed E-state index contributed by atoms with van der Waals surface area (Å²) in [5.41, 5.74) is 2.48. The third-order valence-electron chi connectivity index (χ3n) is 2.92. The largest absolute Gasteiger partial charge is 0.489 e. The molecule has 0 bridgehead atoms. The van der Waals surface area contributed by atoms with E-state index in [0.29, 0.717) is 11.8 Å². The summed E-state index contributed by atoms with van der Waals surface area (Å²) in [6.07, 6.45) is 1.68. The molecule has 0 atom stereocenters. The molecule has 0 saturated carbocycles. The molecule has 0 radical (unpaired) electrons. The molecule has 2 aromatic rings. The lowest BCUT2D eigenvalue weighted by molar-refractivity contribution is 0.306. The molecule has 1 heterocycles. The highest BCUT2D eigenvalue weighted by molar-refractivity contribution is 6.29. The van der Waals surface area contributed by atoms with Crippen LogP contribution in [0.3, 0.4) is 0 Å². The number of ether oxygens (including phenoxy) is 1. The SMILES string of the molecule is CC(C)(C)c1ccc(OCc2ccnc(Cl)c2)cc1. The van der Waals surface area contributed by atoms with Crippen LogP contribution in [0.15, 0.2) is 42.6 Å². The summed E-state index contributed by atoms with van der Waals surface area (Å²) in [6.45, 7) is 7.09. The average molecular weight is 276 g/mol. The van der Waals surface area contributed by atoms with Crippen LogP contribution in [0, 0.1) is 0 Å². The standard InChI is InChI=1S/C16H18ClNO/c1-16(2,3)13-4-6-14(7-5-13)19-11-12-8-9-18-15(17)10-12/h4-10H,11H2,1-3H3. The minimum absolute atomic E-state index is 0.164. The topological polar surface area (TPSA) is 22.1 Å². The van der Waals surface area contributed by atoms with E-state index in [4.69, 9.17) is 16.3 Å². The Morgan fingerprint density at radius 1 is 1.11 bits per heavy atom. The van der Waals surface area contributed by atoms with E-state index in [2.05, 4.69) is 37.9 Å². The van der Waals surface area contributed by atoms with Gasteiger partial charge in [0.05, 0.1) is 0 Å². The monoisotopic (exact) mass is 275 g/mol. The van der Waals surface area contributed by atoms with E-state index in [1.807, 2.05) is 24.3 Å². The van der Waals surface area contributed by atoms with Gasteiger partial charge in [-0.3, -0.25) is 0 Å². The van der Waals surface area contributed by atoms with Crippen LogP contribution in [-0.4, -0.2) is 4.98 Å². The number of nitrogens with zero attached hydrogens (tertiary/aromatic N) is 1. The first-order chi connectivity index (χ1) is 8.95. The summed E-state index contributed by atoms with van der Waals surface area (Å²) in [7, 11) is 0. The molecule has 0 amide bonds. The fraction of sp³-hybridized carbons (Fsp3) is 0.312. The van der Waals surface area contributed by atoms with Gasteiger partial charge >= 0.3 is 0 Å². The number of hydrogen-bond acceptors (Lipinski definition) is 2. The van der Waals surface area contributed by atoms with Gasteiger partial charge in [0, 0.05) is 6.20 Å². The van der Waals surface area contributed by atoms with Gasteiger partial charge < -0.3 is 4.74 Å². The molecular formula is C16H18ClNO. The number of pyridine rings is 1. The Labute approximate surface area is 119 Å². The van der Waals surface area contributed by atoms with Crippen molar-refractivity contribution in [3.63, 3.8) is 0 Å². The Hall–Kier alpha value is -1.54. The molecule has 3 heteroatoms. The van der Waals surface area contributed by atoms with Crippen LogP contribution in [0.2, 0.25) is 5.15 Å². The van der Waals surface area contributed by atoms with Gasteiger partial charge in [-0.05, 0) is 40.8 Å². The van der Waals surface area contributed by atoms with Crippen LogP contribution in [0.4, 0.5) is 0 Å². The van der Waals surface area contributed by atoms with Crippen molar-refractivity contribution in [3.05, 3.63) is 58.9 Å². The zero-order valence-electron chi connectivity index (χ0n) is 11.5. The Morgan fingerprint density at radius 2 is 1.79 bits per heavy atom. The second-order valence-corrected chi connectivity index (χ2v) is 5.94. The summed E-state index contributed by atoms with van der Waals surface area (Å²) >= 11 is 5.83. The van der Waals surface area contributed by atoms with Crippen molar-refractivity contribution in [2.75, 3.05) is 0 Å². The first-order valence-electron chi connectivity index (χ1n) is 6.29. The van der Waals surface area contributed by atoms with E-state index >= 15 is 0 Å². The van der Waals surface area contributed by atoms with Crippen LogP contribution in [0.1, 0.15) is 31.9 Å². The summed E-state index contributed by atoms with van der Waals surface area (Å²) < 4.78 is 5.73. The zero-order chi connectivity index (χ0) is 13.9. The van der Waals surface area contributed by atoms with Crippen molar-refractivity contribution in [1.29, 1.82) is 0 Å². The van der Waals surface area contributed by atoms with E-state index < -0.39 is 0 Å². The van der Waals surface area contributed by atoms with Gasteiger partial charge in [-0.1, -0.05) is 44.5 Å². The molecule has 0 aliphatic carbocycles. The molecule has 0 fully saturated rings. The quantitative estimate of drug-likeness (QED) is 0.763. The smallest absolute Gasteiger partial charge is 0.129 e. The minimum atomic E-state index is 0.164. The van der Waals surface area contributed by atoms with E-state index in [1.165, 1.54) is 5.56 Å². The molecule has 0 spiro atoms. The van der Waals surface area contributed by atoms with E-state index in [1.54, 1.807) is 6.20 Å². The van der Waals surface area contributed by atoms with Crippen molar-refractivity contribution < 1.29 is 4.74 Å². The number of halogens is 1. The van der Waals surface area contributed by atoms with E-state index in [-0.39, 0.29) is 5.41 Å². The van der Waals surface area contributed by atoms with Crippen LogP contribution in [-0.2, 0) is 12.0 Å². The number of aromatic nitrogens is 1. The molecule has 100 valence electrons. The predicted molar refractivity (Wildman–Crippen MR) is 78.7 cm³/mol. The molecule has 0 aliphatic heterocycles. The normalized spacial score (nSPS) is 11.4. The molecule has 0 saturated heterocycles. The summed E-state index contributed by atoms with van der Waals surface area (Å²) in [5, 5.41) is 0.490. The van der Waals surface area contributed by atoms with Gasteiger partial charge in [-0.25, -0.2) is 4.98 Å². The second kappa shape index (κ2) is 5.62. The summed E-state index contributed by atoms with van der Waals surface area (Å²) in [6, 6.07) is 11.9. The first-order valence-corrected chi connectivity index (χ1v) is 6.67. The van der Waals surface area contributed by atoms with Crippen LogP contribution >= 0.6 is 11.6 Å². The van der Waals surface area contributed by atoms with Gasteiger partial charge in [0.1, 0.15) is 17.5 Å². The maximum absolute atomic E-state index is 5.83. The fourth-order valence-electron chi connectivity index (χ4n) is 1.75. The zero-order valence-corrected chi connectivity index (χ0v) is 12.2. The number of hydrogen-bond donors (Lipinski definition) is 0. The number of benzene rings is 1. The van der Waals surface area contributed by atoms with Crippen LogP contribution < -0.4 is 4.74 Å². The molecule has 2 nitrogen and oxygen atoms in total. The third-order valence-corrected chi connectivity index (χ3v) is 3.12. The van der Waals surface area contributed by atoms with Gasteiger partial charge in [-0.2, -0.15) is 0 Å². The van der Waals surface area contributed by atoms with Gasteiger partial charge in [-0.15, -0.1) is 0 Å². The van der Waals surface area contributed by atoms with Crippen molar-refractivity contribution in [2.24, 2.45) is 0 Å².